The third-order valence-corrected chi connectivity index (χ3v) is 3.19. The van der Waals surface area contributed by atoms with Crippen LogP contribution in [0.1, 0.15) is 24.2 Å². The molecule has 18 heavy (non-hydrogen) atoms. The fraction of sp³-hybridized carbons (Fsp3) is 0.385. The van der Waals surface area contributed by atoms with Gasteiger partial charge in [-0.15, -0.1) is 0 Å². The van der Waals surface area contributed by atoms with Crippen molar-refractivity contribution in [1.29, 1.82) is 0 Å². The van der Waals surface area contributed by atoms with E-state index in [1.807, 2.05) is 0 Å². The Morgan fingerprint density at radius 1 is 1.44 bits per heavy atom. The number of amides is 2. The van der Waals surface area contributed by atoms with E-state index in [2.05, 4.69) is 5.32 Å². The van der Waals surface area contributed by atoms with Gasteiger partial charge in [0.05, 0.1) is 0 Å². The number of piperazine rings is 1. The summed E-state index contributed by atoms with van der Waals surface area (Å²) in [5, 5.41) is 12.1. The first-order chi connectivity index (χ1) is 8.43. The average Bonchev–Trinajstić information content (AvgIpc) is 2.32. The summed E-state index contributed by atoms with van der Waals surface area (Å²) in [5.74, 6) is -0.367. The van der Waals surface area contributed by atoms with Gasteiger partial charge in [-0.05, 0) is 32.0 Å². The normalized spacial score (nSPS) is 18.3. The molecule has 0 radical (unpaired) electrons. The molecule has 0 bridgehead atoms. The molecule has 5 nitrogen and oxygen atoms in total. The molecule has 1 aromatic carbocycles. The van der Waals surface area contributed by atoms with Crippen molar-refractivity contribution < 1.29 is 14.7 Å². The molecule has 0 saturated carbocycles. The van der Waals surface area contributed by atoms with Gasteiger partial charge in [0.2, 0.25) is 5.91 Å². The summed E-state index contributed by atoms with van der Waals surface area (Å²) in [6.07, 6.45) is 0. The van der Waals surface area contributed by atoms with Gasteiger partial charge in [0, 0.05) is 18.7 Å². The first-order valence-electron chi connectivity index (χ1n) is 5.82. The molecule has 1 aliphatic rings. The zero-order valence-electron chi connectivity index (χ0n) is 10.4. The summed E-state index contributed by atoms with van der Waals surface area (Å²) in [6.45, 7) is 4.34. The van der Waals surface area contributed by atoms with Crippen molar-refractivity contribution in [2.75, 3.05) is 13.1 Å². The van der Waals surface area contributed by atoms with E-state index in [-0.39, 0.29) is 17.6 Å². The van der Waals surface area contributed by atoms with E-state index in [1.165, 1.54) is 17.0 Å². The third-order valence-electron chi connectivity index (χ3n) is 3.19. The van der Waals surface area contributed by atoms with Crippen LogP contribution in [0.2, 0.25) is 0 Å². The second-order valence-electron chi connectivity index (χ2n) is 4.82. The van der Waals surface area contributed by atoms with Crippen LogP contribution in [0.15, 0.2) is 24.3 Å². The maximum Gasteiger partial charge on any atom is 0.254 e. The first-order valence-corrected chi connectivity index (χ1v) is 5.82. The predicted octanol–water partition coefficient (Wildman–Crippen LogP) is 0.743. The Morgan fingerprint density at radius 2 is 2.17 bits per heavy atom. The van der Waals surface area contributed by atoms with Crippen LogP contribution in [0.5, 0.6) is 5.75 Å². The van der Waals surface area contributed by atoms with E-state index >= 15 is 0 Å². The highest BCUT2D eigenvalue weighted by Gasteiger charge is 2.40. The number of nitrogens with zero attached hydrogens (tertiary/aromatic N) is 1. The van der Waals surface area contributed by atoms with Gasteiger partial charge in [-0.3, -0.25) is 9.59 Å². The predicted molar refractivity (Wildman–Crippen MR) is 66.2 cm³/mol. The van der Waals surface area contributed by atoms with Crippen LogP contribution in [-0.4, -0.2) is 40.4 Å². The minimum Gasteiger partial charge on any atom is -0.508 e. The van der Waals surface area contributed by atoms with Crippen molar-refractivity contribution in [2.45, 2.75) is 19.4 Å². The van der Waals surface area contributed by atoms with Crippen molar-refractivity contribution in [3.05, 3.63) is 29.8 Å². The molecule has 0 aromatic heterocycles. The fourth-order valence-corrected chi connectivity index (χ4v) is 2.05. The minimum atomic E-state index is -0.874. The number of phenols is 1. The van der Waals surface area contributed by atoms with Crippen molar-refractivity contribution in [3.63, 3.8) is 0 Å². The average molecular weight is 248 g/mol. The number of nitrogens with one attached hydrogen (secondary N) is 1. The molecule has 96 valence electrons. The Kier molecular flexibility index (Phi) is 2.98. The SMILES string of the molecule is CC1(C)C(=O)NCCN1C(=O)c1cccc(O)c1. The summed E-state index contributed by atoms with van der Waals surface area (Å²) in [6, 6.07) is 6.15. The molecule has 1 fully saturated rings. The van der Waals surface area contributed by atoms with Gasteiger partial charge in [-0.2, -0.15) is 0 Å². The van der Waals surface area contributed by atoms with E-state index in [0.717, 1.165) is 0 Å². The van der Waals surface area contributed by atoms with E-state index in [9.17, 15) is 14.7 Å². The fourth-order valence-electron chi connectivity index (χ4n) is 2.05. The molecule has 1 aliphatic heterocycles. The Labute approximate surface area is 105 Å². The smallest absolute Gasteiger partial charge is 0.254 e. The maximum absolute atomic E-state index is 12.3. The van der Waals surface area contributed by atoms with Crippen LogP contribution in [0.3, 0.4) is 0 Å². The van der Waals surface area contributed by atoms with Crippen LogP contribution >= 0.6 is 0 Å². The van der Waals surface area contributed by atoms with Crippen molar-refractivity contribution >= 4 is 11.8 Å². The highest BCUT2D eigenvalue weighted by molar-refractivity contribution is 5.99. The summed E-state index contributed by atoms with van der Waals surface area (Å²) in [7, 11) is 0. The summed E-state index contributed by atoms with van der Waals surface area (Å²) >= 11 is 0. The number of hydrogen-bond donors (Lipinski definition) is 2. The van der Waals surface area contributed by atoms with Gasteiger partial charge >= 0.3 is 0 Å². The number of rotatable bonds is 1. The van der Waals surface area contributed by atoms with Gasteiger partial charge in [-0.1, -0.05) is 6.07 Å². The summed E-state index contributed by atoms with van der Waals surface area (Å²) in [5.41, 5.74) is -0.487. The molecule has 0 spiro atoms. The van der Waals surface area contributed by atoms with Crippen LogP contribution < -0.4 is 5.32 Å². The molecule has 0 unspecified atom stereocenters. The molecule has 2 rings (SSSR count). The molecule has 0 atom stereocenters. The van der Waals surface area contributed by atoms with E-state index in [1.54, 1.807) is 26.0 Å². The van der Waals surface area contributed by atoms with Crippen LogP contribution in [0, 0.1) is 0 Å². The lowest BCUT2D eigenvalue weighted by Crippen LogP contribution is -2.63. The molecule has 1 heterocycles. The molecule has 5 heteroatoms. The minimum absolute atomic E-state index is 0.0418. The van der Waals surface area contributed by atoms with Crippen LogP contribution in [-0.2, 0) is 4.79 Å². The maximum atomic E-state index is 12.3. The number of phenolic OH excluding ortho intramolecular Hbond substituents is 1. The lowest BCUT2D eigenvalue weighted by atomic mass is 9.97. The lowest BCUT2D eigenvalue weighted by molar-refractivity contribution is -0.133. The first kappa shape index (κ1) is 12.4. The van der Waals surface area contributed by atoms with Gasteiger partial charge in [0.15, 0.2) is 0 Å². The number of carbonyl (C=O) groups is 2. The van der Waals surface area contributed by atoms with Gasteiger partial charge in [0.25, 0.3) is 5.91 Å². The zero-order chi connectivity index (χ0) is 13.3. The molecule has 2 N–H and O–H groups in total. The molecular formula is C13H16N2O3. The molecule has 1 saturated heterocycles. The van der Waals surface area contributed by atoms with Crippen LogP contribution in [0.4, 0.5) is 0 Å². The summed E-state index contributed by atoms with van der Waals surface area (Å²) < 4.78 is 0. The number of hydrogen-bond acceptors (Lipinski definition) is 3. The Hall–Kier alpha value is -2.04. The molecule has 0 aliphatic carbocycles. The van der Waals surface area contributed by atoms with Gasteiger partial charge < -0.3 is 15.3 Å². The van der Waals surface area contributed by atoms with E-state index < -0.39 is 5.54 Å². The highest BCUT2D eigenvalue weighted by Crippen LogP contribution is 2.22. The van der Waals surface area contributed by atoms with E-state index in [0.29, 0.717) is 18.7 Å². The topological polar surface area (TPSA) is 69.6 Å². The quantitative estimate of drug-likeness (QED) is 0.770. The van der Waals surface area contributed by atoms with E-state index in [4.69, 9.17) is 0 Å². The largest absolute Gasteiger partial charge is 0.508 e. The third kappa shape index (κ3) is 2.03. The summed E-state index contributed by atoms with van der Waals surface area (Å²) in [4.78, 5) is 25.7. The molecule has 1 aromatic rings. The standard InChI is InChI=1S/C13H16N2O3/c1-13(2)12(18)14-6-7-15(13)11(17)9-4-3-5-10(16)8-9/h3-5,8,16H,6-7H2,1-2H3,(H,14,18). The Morgan fingerprint density at radius 3 is 2.83 bits per heavy atom. The van der Waals surface area contributed by atoms with Gasteiger partial charge in [0.1, 0.15) is 11.3 Å². The van der Waals surface area contributed by atoms with Crippen molar-refractivity contribution in [3.8, 4) is 5.75 Å². The van der Waals surface area contributed by atoms with Crippen LogP contribution in [0.25, 0.3) is 0 Å². The Balaban J connectivity index is 2.31. The Bertz CT molecular complexity index is 497. The molecular weight excluding hydrogens is 232 g/mol. The zero-order valence-corrected chi connectivity index (χ0v) is 10.4. The van der Waals surface area contributed by atoms with Crippen molar-refractivity contribution in [1.82, 2.24) is 10.2 Å². The lowest BCUT2D eigenvalue weighted by Gasteiger charge is -2.41. The number of benzene rings is 1. The molecule has 2 amide bonds. The van der Waals surface area contributed by atoms with Gasteiger partial charge in [-0.25, -0.2) is 0 Å². The second kappa shape index (κ2) is 4.33. The number of carbonyl (C=O) groups excluding carboxylic acids is 2. The second-order valence-corrected chi connectivity index (χ2v) is 4.82. The monoisotopic (exact) mass is 248 g/mol. The number of aromatic hydroxyl groups is 1. The van der Waals surface area contributed by atoms with Crippen molar-refractivity contribution in [2.24, 2.45) is 0 Å². The highest BCUT2D eigenvalue weighted by atomic mass is 16.3.